The van der Waals surface area contributed by atoms with Crippen molar-refractivity contribution in [2.24, 2.45) is 0 Å². The summed E-state index contributed by atoms with van der Waals surface area (Å²) in [5.74, 6) is -0.866. The van der Waals surface area contributed by atoms with Gasteiger partial charge in [0.1, 0.15) is 13.2 Å². The zero-order chi connectivity index (χ0) is 54.3. The van der Waals surface area contributed by atoms with Crippen LogP contribution in [-0.4, -0.2) is 37.2 Å². The van der Waals surface area contributed by atoms with Crippen LogP contribution in [-0.2, 0) is 28.6 Å². The molecule has 0 aliphatic heterocycles. The Labute approximate surface area is 465 Å². The van der Waals surface area contributed by atoms with E-state index in [-0.39, 0.29) is 31.1 Å². The molecule has 0 rings (SSSR count). The van der Waals surface area contributed by atoms with Crippen LogP contribution in [0.3, 0.4) is 0 Å². The third-order valence-corrected chi connectivity index (χ3v) is 14.2. The van der Waals surface area contributed by atoms with E-state index in [0.717, 1.165) is 96.3 Å². The number of carbonyl (C=O) groups is 3. The molecule has 0 aliphatic carbocycles. The Morgan fingerprint density at radius 2 is 0.520 bits per heavy atom. The van der Waals surface area contributed by atoms with Crippen molar-refractivity contribution in [2.75, 3.05) is 13.2 Å². The van der Waals surface area contributed by atoms with E-state index < -0.39 is 6.10 Å². The molecule has 0 N–H and O–H groups in total. The van der Waals surface area contributed by atoms with Crippen molar-refractivity contribution in [3.8, 4) is 0 Å². The number of ether oxygens (including phenoxy) is 3. The second kappa shape index (κ2) is 63.4. The normalized spacial score (nSPS) is 12.5. The number of rotatable bonds is 59. The highest BCUT2D eigenvalue weighted by atomic mass is 16.6. The van der Waals surface area contributed by atoms with Crippen molar-refractivity contribution < 1.29 is 28.6 Å². The Kier molecular flexibility index (Phi) is 60.7. The number of hydrogen-bond donors (Lipinski definition) is 0. The van der Waals surface area contributed by atoms with Gasteiger partial charge in [-0.1, -0.05) is 293 Å². The van der Waals surface area contributed by atoms with Crippen molar-refractivity contribution >= 4 is 17.9 Å². The number of unbranched alkanes of at least 4 members (excludes halogenated alkanes) is 36. The molecule has 0 aromatic heterocycles. The van der Waals surface area contributed by atoms with Crippen LogP contribution in [0.15, 0.2) is 72.9 Å². The minimum absolute atomic E-state index is 0.0733. The van der Waals surface area contributed by atoms with E-state index in [1.54, 1.807) is 0 Å². The third kappa shape index (κ3) is 61.6. The third-order valence-electron chi connectivity index (χ3n) is 14.2. The molecule has 0 spiro atoms. The first-order chi connectivity index (χ1) is 37.0. The van der Waals surface area contributed by atoms with Gasteiger partial charge in [0.15, 0.2) is 6.10 Å². The summed E-state index contributed by atoms with van der Waals surface area (Å²) in [5.41, 5.74) is 0. The van der Waals surface area contributed by atoms with Crippen molar-refractivity contribution in [1.82, 2.24) is 0 Å². The van der Waals surface area contributed by atoms with Gasteiger partial charge in [0.2, 0.25) is 0 Å². The van der Waals surface area contributed by atoms with Crippen LogP contribution in [0, 0.1) is 0 Å². The highest BCUT2D eigenvalue weighted by Crippen LogP contribution is 2.17. The van der Waals surface area contributed by atoms with Crippen molar-refractivity contribution in [1.29, 1.82) is 0 Å². The Morgan fingerprint density at radius 1 is 0.280 bits per heavy atom. The molecule has 0 saturated carbocycles. The first-order valence-corrected chi connectivity index (χ1v) is 32.4. The second-order valence-corrected chi connectivity index (χ2v) is 21.6. The van der Waals surface area contributed by atoms with E-state index in [1.165, 1.54) is 193 Å². The largest absolute Gasteiger partial charge is 0.462 e. The molecule has 6 nitrogen and oxygen atoms in total. The lowest BCUT2D eigenvalue weighted by atomic mass is 10.0. The van der Waals surface area contributed by atoms with Gasteiger partial charge in [-0.2, -0.15) is 0 Å². The van der Waals surface area contributed by atoms with Crippen molar-refractivity contribution in [2.45, 2.75) is 335 Å². The molecule has 0 aromatic rings. The predicted octanol–water partition coefficient (Wildman–Crippen LogP) is 22.1. The average molecular weight is 1050 g/mol. The lowest BCUT2D eigenvalue weighted by Crippen LogP contribution is -2.30. The Morgan fingerprint density at radius 3 is 0.853 bits per heavy atom. The van der Waals surface area contributed by atoms with Gasteiger partial charge in [-0.15, -0.1) is 0 Å². The number of carbonyl (C=O) groups excluding carboxylic acids is 3. The fourth-order valence-electron chi connectivity index (χ4n) is 9.35. The molecule has 0 amide bonds. The summed E-state index contributed by atoms with van der Waals surface area (Å²) >= 11 is 0. The molecular formula is C69H122O6. The predicted molar refractivity (Wildman–Crippen MR) is 325 cm³/mol. The minimum atomic E-state index is -0.775. The van der Waals surface area contributed by atoms with Gasteiger partial charge in [0, 0.05) is 19.3 Å². The SMILES string of the molecule is CC/C=C\C/C=C\C/C=C\C/C=C\C/C=C\CCCCCCCCCCCCCCCCCC(=O)OCC(COC(=O)CCCCCCC/C=C\CCCCC)OC(=O)CCCCCCCCCCCCCCCC. The summed E-state index contributed by atoms with van der Waals surface area (Å²) in [6.45, 7) is 6.53. The van der Waals surface area contributed by atoms with Gasteiger partial charge >= 0.3 is 17.9 Å². The topological polar surface area (TPSA) is 78.9 Å². The molecule has 434 valence electrons. The van der Waals surface area contributed by atoms with Crippen LogP contribution < -0.4 is 0 Å². The highest BCUT2D eigenvalue weighted by Gasteiger charge is 2.19. The molecule has 0 bridgehead atoms. The van der Waals surface area contributed by atoms with E-state index in [9.17, 15) is 14.4 Å². The standard InChI is InChI=1S/C69H122O6/c1-4-7-10-13-16-19-22-25-27-28-29-30-31-32-33-34-35-36-37-38-39-40-41-42-43-45-47-50-53-56-59-62-68(71)74-65-66(64-73-67(70)61-58-55-52-49-46-24-21-18-15-12-9-6-3)75-69(72)63-60-57-54-51-48-44-26-23-20-17-14-11-8-5-2/h7,10,16,18-19,21,25,27,29-30,32-33,66H,4-6,8-9,11-15,17,20,22-24,26,28,31,34-65H2,1-3H3/b10-7-,19-16-,21-18-,27-25-,30-29-,33-32-. The Hall–Kier alpha value is -3.15. The summed E-state index contributed by atoms with van der Waals surface area (Å²) in [7, 11) is 0. The molecule has 0 heterocycles. The van der Waals surface area contributed by atoms with E-state index in [1.807, 2.05) is 0 Å². The lowest BCUT2D eigenvalue weighted by molar-refractivity contribution is -0.167. The van der Waals surface area contributed by atoms with Crippen LogP contribution in [0.4, 0.5) is 0 Å². The quantitative estimate of drug-likeness (QED) is 0.0261. The monoisotopic (exact) mass is 1050 g/mol. The van der Waals surface area contributed by atoms with E-state index in [0.29, 0.717) is 19.3 Å². The van der Waals surface area contributed by atoms with Gasteiger partial charge in [-0.05, 0) is 89.9 Å². The fourth-order valence-corrected chi connectivity index (χ4v) is 9.35. The van der Waals surface area contributed by atoms with E-state index >= 15 is 0 Å². The van der Waals surface area contributed by atoms with E-state index in [2.05, 4.69) is 93.7 Å². The molecule has 6 heteroatoms. The van der Waals surface area contributed by atoms with Crippen LogP contribution in [0.2, 0.25) is 0 Å². The molecule has 0 fully saturated rings. The summed E-state index contributed by atoms with van der Waals surface area (Å²) < 4.78 is 16.9. The van der Waals surface area contributed by atoms with Crippen LogP contribution in [0.1, 0.15) is 329 Å². The second-order valence-electron chi connectivity index (χ2n) is 21.6. The molecule has 0 aliphatic rings. The summed E-state index contributed by atoms with van der Waals surface area (Å²) in [6.07, 6.45) is 82.1. The summed E-state index contributed by atoms with van der Waals surface area (Å²) in [6, 6.07) is 0. The molecular weight excluding hydrogens is 925 g/mol. The number of allylic oxidation sites excluding steroid dienone is 12. The maximum atomic E-state index is 12.9. The maximum absolute atomic E-state index is 12.9. The smallest absolute Gasteiger partial charge is 0.306 e. The summed E-state index contributed by atoms with van der Waals surface area (Å²) in [5, 5.41) is 0. The molecule has 0 saturated heterocycles. The summed E-state index contributed by atoms with van der Waals surface area (Å²) in [4.78, 5) is 38.2. The number of hydrogen-bond acceptors (Lipinski definition) is 6. The van der Waals surface area contributed by atoms with Gasteiger partial charge in [-0.3, -0.25) is 14.4 Å². The molecule has 0 aromatic carbocycles. The molecule has 1 unspecified atom stereocenters. The zero-order valence-corrected chi connectivity index (χ0v) is 49.8. The zero-order valence-electron chi connectivity index (χ0n) is 49.8. The number of esters is 3. The van der Waals surface area contributed by atoms with Gasteiger partial charge < -0.3 is 14.2 Å². The van der Waals surface area contributed by atoms with E-state index in [4.69, 9.17) is 14.2 Å². The first-order valence-electron chi connectivity index (χ1n) is 32.4. The van der Waals surface area contributed by atoms with Gasteiger partial charge in [-0.25, -0.2) is 0 Å². The van der Waals surface area contributed by atoms with Crippen molar-refractivity contribution in [3.63, 3.8) is 0 Å². The highest BCUT2D eigenvalue weighted by molar-refractivity contribution is 5.71. The molecule has 0 radical (unpaired) electrons. The van der Waals surface area contributed by atoms with Crippen LogP contribution >= 0.6 is 0 Å². The Bertz CT molecular complexity index is 1390. The molecule has 1 atom stereocenters. The molecule has 75 heavy (non-hydrogen) atoms. The average Bonchev–Trinajstić information content (AvgIpc) is 3.41. The van der Waals surface area contributed by atoms with Crippen LogP contribution in [0.25, 0.3) is 0 Å². The lowest BCUT2D eigenvalue weighted by Gasteiger charge is -2.18. The first kappa shape index (κ1) is 71.8. The van der Waals surface area contributed by atoms with Crippen molar-refractivity contribution in [3.05, 3.63) is 72.9 Å². The maximum Gasteiger partial charge on any atom is 0.306 e. The fraction of sp³-hybridized carbons (Fsp3) is 0.783. The minimum Gasteiger partial charge on any atom is -0.462 e. The Balaban J connectivity index is 4.14. The van der Waals surface area contributed by atoms with Gasteiger partial charge in [0.05, 0.1) is 0 Å². The van der Waals surface area contributed by atoms with Gasteiger partial charge in [0.25, 0.3) is 0 Å². The van der Waals surface area contributed by atoms with Crippen LogP contribution in [0.5, 0.6) is 0 Å².